The number of nitrogens with one attached hydrogen (secondary N) is 1. The van der Waals surface area contributed by atoms with Gasteiger partial charge in [0.1, 0.15) is 11.6 Å². The molecule has 0 bridgehead atoms. The van der Waals surface area contributed by atoms with E-state index in [0.717, 1.165) is 16.8 Å². The fourth-order valence-corrected chi connectivity index (χ4v) is 2.64. The standard InChI is InChI=1S/C17H22N6O3/c1-22-16-14(11-18-22)15(19-12-4-3-5-13(10-12)26-2)20-17(21-16)23(6-8-24)7-9-25/h3-5,10-11,24-25H,6-9H2,1-2H3,(H,19,20,21). The van der Waals surface area contributed by atoms with E-state index >= 15 is 0 Å². The number of benzene rings is 1. The predicted molar refractivity (Wildman–Crippen MR) is 99.0 cm³/mol. The van der Waals surface area contributed by atoms with Gasteiger partial charge in [0.2, 0.25) is 5.95 Å². The van der Waals surface area contributed by atoms with E-state index in [0.29, 0.717) is 30.5 Å². The van der Waals surface area contributed by atoms with Gasteiger partial charge in [-0.1, -0.05) is 6.07 Å². The molecule has 0 atom stereocenters. The Hall–Kier alpha value is -2.91. The molecule has 26 heavy (non-hydrogen) atoms. The summed E-state index contributed by atoms with van der Waals surface area (Å²) in [6.07, 6.45) is 1.70. The summed E-state index contributed by atoms with van der Waals surface area (Å²) >= 11 is 0. The molecular formula is C17H22N6O3. The Balaban J connectivity index is 2.04. The van der Waals surface area contributed by atoms with Crippen molar-refractivity contribution in [2.24, 2.45) is 7.05 Å². The topological polar surface area (TPSA) is 109 Å². The molecule has 9 nitrogen and oxygen atoms in total. The summed E-state index contributed by atoms with van der Waals surface area (Å²) in [5.41, 5.74) is 1.47. The monoisotopic (exact) mass is 358 g/mol. The second kappa shape index (κ2) is 7.98. The van der Waals surface area contributed by atoms with Crippen LogP contribution in [0, 0.1) is 0 Å². The van der Waals surface area contributed by atoms with Crippen molar-refractivity contribution in [2.45, 2.75) is 0 Å². The average Bonchev–Trinajstić information content (AvgIpc) is 3.03. The van der Waals surface area contributed by atoms with E-state index < -0.39 is 0 Å². The van der Waals surface area contributed by atoms with E-state index in [-0.39, 0.29) is 13.2 Å². The van der Waals surface area contributed by atoms with Crippen molar-refractivity contribution in [3.05, 3.63) is 30.5 Å². The molecule has 0 saturated heterocycles. The highest BCUT2D eigenvalue weighted by atomic mass is 16.5. The van der Waals surface area contributed by atoms with Crippen LogP contribution < -0.4 is 15.0 Å². The number of hydrogen-bond acceptors (Lipinski definition) is 8. The molecule has 0 fully saturated rings. The normalized spacial score (nSPS) is 10.9. The van der Waals surface area contributed by atoms with Crippen molar-refractivity contribution in [1.82, 2.24) is 19.7 Å². The highest BCUT2D eigenvalue weighted by molar-refractivity contribution is 5.89. The number of aryl methyl sites for hydroxylation is 1. The van der Waals surface area contributed by atoms with Crippen LogP contribution >= 0.6 is 0 Å². The molecule has 3 N–H and O–H groups in total. The van der Waals surface area contributed by atoms with Gasteiger partial charge < -0.3 is 25.2 Å². The van der Waals surface area contributed by atoms with Gasteiger partial charge >= 0.3 is 0 Å². The molecule has 9 heteroatoms. The van der Waals surface area contributed by atoms with Gasteiger partial charge in [0.05, 0.1) is 31.9 Å². The summed E-state index contributed by atoms with van der Waals surface area (Å²) in [5.74, 6) is 1.73. The van der Waals surface area contributed by atoms with Gasteiger partial charge in [-0.2, -0.15) is 15.1 Å². The first-order chi connectivity index (χ1) is 12.7. The SMILES string of the molecule is COc1cccc(Nc2nc(N(CCO)CCO)nc3c2cnn3C)c1. The van der Waals surface area contributed by atoms with E-state index in [1.54, 1.807) is 29.9 Å². The molecule has 2 heterocycles. The van der Waals surface area contributed by atoms with E-state index in [1.807, 2.05) is 24.3 Å². The number of nitrogens with zero attached hydrogens (tertiary/aromatic N) is 5. The molecule has 3 rings (SSSR count). The summed E-state index contributed by atoms with van der Waals surface area (Å²) in [6, 6.07) is 7.52. The quantitative estimate of drug-likeness (QED) is 0.545. The Kier molecular flexibility index (Phi) is 5.49. The highest BCUT2D eigenvalue weighted by Gasteiger charge is 2.16. The number of fused-ring (bicyclic) bond motifs is 1. The Morgan fingerprint density at radius 2 is 1.96 bits per heavy atom. The van der Waals surface area contributed by atoms with E-state index in [9.17, 15) is 10.2 Å². The number of aliphatic hydroxyl groups excluding tert-OH is 2. The van der Waals surface area contributed by atoms with Crippen LogP contribution in [0.2, 0.25) is 0 Å². The molecule has 2 aromatic heterocycles. The second-order valence-corrected chi connectivity index (χ2v) is 5.67. The van der Waals surface area contributed by atoms with Crippen molar-refractivity contribution in [1.29, 1.82) is 0 Å². The number of aliphatic hydroxyl groups is 2. The Morgan fingerprint density at radius 3 is 2.65 bits per heavy atom. The largest absolute Gasteiger partial charge is 0.497 e. The smallest absolute Gasteiger partial charge is 0.229 e. The molecule has 0 unspecified atom stereocenters. The van der Waals surface area contributed by atoms with Crippen LogP contribution in [0.25, 0.3) is 11.0 Å². The lowest BCUT2D eigenvalue weighted by Gasteiger charge is -2.21. The van der Waals surface area contributed by atoms with Crippen molar-refractivity contribution < 1.29 is 14.9 Å². The lowest BCUT2D eigenvalue weighted by molar-refractivity contribution is 0.280. The second-order valence-electron chi connectivity index (χ2n) is 5.67. The van der Waals surface area contributed by atoms with Gasteiger partial charge in [-0.3, -0.25) is 4.68 Å². The van der Waals surface area contributed by atoms with Gasteiger partial charge in [0.15, 0.2) is 5.65 Å². The van der Waals surface area contributed by atoms with Crippen LogP contribution in [-0.4, -0.2) is 63.4 Å². The minimum atomic E-state index is -0.0641. The fourth-order valence-electron chi connectivity index (χ4n) is 2.64. The van der Waals surface area contributed by atoms with Gasteiger partial charge in [-0.05, 0) is 12.1 Å². The lowest BCUT2D eigenvalue weighted by atomic mass is 10.3. The third-order valence-corrected chi connectivity index (χ3v) is 3.94. The van der Waals surface area contributed by atoms with Crippen molar-refractivity contribution >= 4 is 28.5 Å². The van der Waals surface area contributed by atoms with E-state index in [2.05, 4.69) is 20.4 Å². The predicted octanol–water partition coefficient (Wildman–Crippen LogP) is 0.906. The average molecular weight is 358 g/mol. The number of ether oxygens (including phenoxy) is 1. The summed E-state index contributed by atoms with van der Waals surface area (Å²) in [7, 11) is 3.42. The molecule has 0 aliphatic heterocycles. The fraction of sp³-hybridized carbons (Fsp3) is 0.353. The van der Waals surface area contributed by atoms with Crippen LogP contribution in [0.3, 0.4) is 0 Å². The minimum Gasteiger partial charge on any atom is -0.497 e. The van der Waals surface area contributed by atoms with Crippen molar-refractivity contribution in [3.63, 3.8) is 0 Å². The number of hydrogen-bond donors (Lipinski definition) is 3. The van der Waals surface area contributed by atoms with E-state index in [1.165, 1.54) is 0 Å². The lowest BCUT2D eigenvalue weighted by Crippen LogP contribution is -2.31. The number of anilines is 3. The van der Waals surface area contributed by atoms with Crippen LogP contribution in [-0.2, 0) is 7.05 Å². The molecule has 0 saturated carbocycles. The summed E-state index contributed by atoms with van der Waals surface area (Å²) in [6.45, 7) is 0.516. The number of methoxy groups -OCH3 is 1. The third-order valence-electron chi connectivity index (χ3n) is 3.94. The molecule has 3 aromatic rings. The molecule has 1 aromatic carbocycles. The molecule has 0 amide bonds. The molecular weight excluding hydrogens is 336 g/mol. The van der Waals surface area contributed by atoms with Crippen LogP contribution in [0.1, 0.15) is 0 Å². The van der Waals surface area contributed by atoms with Gasteiger partial charge in [0, 0.05) is 31.9 Å². The summed E-state index contributed by atoms with van der Waals surface area (Å²) in [4.78, 5) is 10.9. The zero-order chi connectivity index (χ0) is 18.5. The maximum absolute atomic E-state index is 9.29. The zero-order valence-electron chi connectivity index (χ0n) is 14.8. The first-order valence-electron chi connectivity index (χ1n) is 8.23. The third kappa shape index (κ3) is 3.68. The number of aromatic nitrogens is 4. The molecule has 0 aliphatic rings. The van der Waals surface area contributed by atoms with Crippen LogP contribution in [0.15, 0.2) is 30.5 Å². The minimum absolute atomic E-state index is 0.0641. The first kappa shape index (κ1) is 17.9. The maximum atomic E-state index is 9.29. The number of rotatable bonds is 8. The Labute approximate surface area is 150 Å². The van der Waals surface area contributed by atoms with Crippen LogP contribution in [0.4, 0.5) is 17.5 Å². The van der Waals surface area contributed by atoms with Crippen molar-refractivity contribution in [3.8, 4) is 5.75 Å². The Bertz CT molecular complexity index is 876. The van der Waals surface area contributed by atoms with Gasteiger partial charge in [0.25, 0.3) is 0 Å². The molecule has 0 spiro atoms. The van der Waals surface area contributed by atoms with Crippen LogP contribution in [0.5, 0.6) is 5.75 Å². The van der Waals surface area contributed by atoms with Gasteiger partial charge in [-0.25, -0.2) is 0 Å². The van der Waals surface area contributed by atoms with E-state index in [4.69, 9.17) is 4.74 Å². The molecule has 138 valence electrons. The Morgan fingerprint density at radius 1 is 1.19 bits per heavy atom. The maximum Gasteiger partial charge on any atom is 0.229 e. The van der Waals surface area contributed by atoms with Crippen molar-refractivity contribution in [2.75, 3.05) is 43.6 Å². The van der Waals surface area contributed by atoms with Gasteiger partial charge in [-0.15, -0.1) is 0 Å². The molecule has 0 aliphatic carbocycles. The highest BCUT2D eigenvalue weighted by Crippen LogP contribution is 2.27. The zero-order valence-corrected chi connectivity index (χ0v) is 14.8. The summed E-state index contributed by atoms with van der Waals surface area (Å²) < 4.78 is 6.92. The summed E-state index contributed by atoms with van der Waals surface area (Å²) in [5, 5.41) is 26.9. The molecule has 0 radical (unpaired) electrons. The first-order valence-corrected chi connectivity index (χ1v) is 8.23.